The van der Waals surface area contributed by atoms with Gasteiger partial charge in [-0.25, -0.2) is 4.98 Å². The number of nitrogens with zero attached hydrogens (tertiary/aromatic N) is 1. The minimum Gasteiger partial charge on any atom is -0.340 e. The van der Waals surface area contributed by atoms with Crippen molar-refractivity contribution in [2.24, 2.45) is 0 Å². The van der Waals surface area contributed by atoms with E-state index in [0.29, 0.717) is 0 Å². The lowest BCUT2D eigenvalue weighted by molar-refractivity contribution is 1.23. The van der Waals surface area contributed by atoms with Gasteiger partial charge in [-0.2, -0.15) is 0 Å². The van der Waals surface area contributed by atoms with Crippen LogP contribution < -0.4 is 5.32 Å². The summed E-state index contributed by atoms with van der Waals surface area (Å²) in [5, 5.41) is 3.38. The van der Waals surface area contributed by atoms with Gasteiger partial charge in [0.25, 0.3) is 0 Å². The lowest BCUT2D eigenvalue weighted by Crippen LogP contribution is -1.99. The molecule has 18 heavy (non-hydrogen) atoms. The highest BCUT2D eigenvalue weighted by Crippen LogP contribution is 2.28. The van der Waals surface area contributed by atoms with Gasteiger partial charge in [-0.3, -0.25) is 0 Å². The van der Waals surface area contributed by atoms with Gasteiger partial charge in [0.2, 0.25) is 0 Å². The maximum atomic E-state index is 4.37. The Bertz CT molecular complexity index is 571. The SMILES string of the molecule is Cc1cc(Nc2c(C)cc(Br)cc2C)ncc1Br. The van der Waals surface area contributed by atoms with Gasteiger partial charge in [-0.1, -0.05) is 15.9 Å². The van der Waals surface area contributed by atoms with Crippen LogP contribution in [-0.2, 0) is 0 Å². The monoisotopic (exact) mass is 368 g/mol. The Kier molecular flexibility index (Phi) is 4.07. The first-order chi connectivity index (χ1) is 8.47. The average molecular weight is 370 g/mol. The van der Waals surface area contributed by atoms with E-state index >= 15 is 0 Å². The summed E-state index contributed by atoms with van der Waals surface area (Å²) < 4.78 is 2.13. The second-order valence-corrected chi connectivity index (χ2v) is 6.13. The minimum atomic E-state index is 0.865. The molecule has 0 aliphatic carbocycles. The summed E-state index contributed by atoms with van der Waals surface area (Å²) in [6, 6.07) is 6.23. The fourth-order valence-electron chi connectivity index (χ4n) is 1.84. The van der Waals surface area contributed by atoms with Crippen LogP contribution in [0.4, 0.5) is 11.5 Å². The number of aryl methyl sites for hydroxylation is 3. The van der Waals surface area contributed by atoms with Crippen molar-refractivity contribution in [2.45, 2.75) is 20.8 Å². The normalized spacial score (nSPS) is 10.5. The van der Waals surface area contributed by atoms with Crippen LogP contribution in [0, 0.1) is 20.8 Å². The molecule has 0 unspecified atom stereocenters. The third-order valence-electron chi connectivity index (χ3n) is 2.80. The largest absolute Gasteiger partial charge is 0.340 e. The molecular weight excluding hydrogens is 356 g/mol. The summed E-state index contributed by atoms with van der Waals surface area (Å²) >= 11 is 6.96. The van der Waals surface area contributed by atoms with Crippen LogP contribution in [0.3, 0.4) is 0 Å². The molecule has 2 rings (SSSR count). The number of halogens is 2. The zero-order chi connectivity index (χ0) is 13.3. The maximum absolute atomic E-state index is 4.37. The molecule has 0 spiro atoms. The molecule has 1 N–H and O–H groups in total. The maximum Gasteiger partial charge on any atom is 0.130 e. The van der Waals surface area contributed by atoms with Crippen LogP contribution in [-0.4, -0.2) is 4.98 Å². The van der Waals surface area contributed by atoms with Crippen molar-refractivity contribution in [2.75, 3.05) is 5.32 Å². The fraction of sp³-hybridized carbons (Fsp3) is 0.214. The van der Waals surface area contributed by atoms with Gasteiger partial charge in [-0.15, -0.1) is 0 Å². The molecule has 0 radical (unpaired) electrons. The smallest absolute Gasteiger partial charge is 0.130 e. The van der Waals surface area contributed by atoms with Gasteiger partial charge in [0.15, 0.2) is 0 Å². The number of pyridine rings is 1. The predicted molar refractivity (Wildman–Crippen MR) is 83.6 cm³/mol. The molecule has 0 aliphatic heterocycles. The molecule has 1 aromatic heterocycles. The van der Waals surface area contributed by atoms with Crippen LogP contribution in [0.15, 0.2) is 33.3 Å². The third kappa shape index (κ3) is 2.93. The number of rotatable bonds is 2. The molecule has 94 valence electrons. The van der Waals surface area contributed by atoms with Crippen LogP contribution in [0.5, 0.6) is 0 Å². The van der Waals surface area contributed by atoms with Gasteiger partial charge in [-0.05, 0) is 71.6 Å². The van der Waals surface area contributed by atoms with Crippen molar-refractivity contribution in [1.82, 2.24) is 4.98 Å². The van der Waals surface area contributed by atoms with Crippen LogP contribution in [0.2, 0.25) is 0 Å². The molecule has 0 bridgehead atoms. The van der Waals surface area contributed by atoms with Crippen LogP contribution >= 0.6 is 31.9 Å². The summed E-state index contributed by atoms with van der Waals surface area (Å²) in [6.45, 7) is 6.23. The van der Waals surface area contributed by atoms with Crippen LogP contribution in [0.1, 0.15) is 16.7 Å². The van der Waals surface area contributed by atoms with E-state index in [4.69, 9.17) is 0 Å². The van der Waals surface area contributed by atoms with Gasteiger partial charge < -0.3 is 5.32 Å². The zero-order valence-electron chi connectivity index (χ0n) is 10.5. The Balaban J connectivity index is 2.37. The Morgan fingerprint density at radius 2 is 1.56 bits per heavy atom. The van der Waals surface area contributed by atoms with Crippen molar-refractivity contribution in [1.29, 1.82) is 0 Å². The molecule has 0 saturated heterocycles. The first-order valence-electron chi connectivity index (χ1n) is 5.63. The number of aromatic nitrogens is 1. The van der Waals surface area contributed by atoms with Crippen molar-refractivity contribution in [3.8, 4) is 0 Å². The van der Waals surface area contributed by atoms with E-state index in [1.807, 2.05) is 12.3 Å². The number of hydrogen-bond donors (Lipinski definition) is 1. The first kappa shape index (κ1) is 13.6. The molecule has 0 atom stereocenters. The Morgan fingerprint density at radius 1 is 0.944 bits per heavy atom. The van der Waals surface area contributed by atoms with E-state index in [9.17, 15) is 0 Å². The summed E-state index contributed by atoms with van der Waals surface area (Å²) in [7, 11) is 0. The minimum absolute atomic E-state index is 0.865. The number of nitrogens with one attached hydrogen (secondary N) is 1. The highest BCUT2D eigenvalue weighted by molar-refractivity contribution is 9.10. The second kappa shape index (κ2) is 5.41. The van der Waals surface area contributed by atoms with E-state index in [0.717, 1.165) is 20.5 Å². The van der Waals surface area contributed by atoms with Crippen molar-refractivity contribution < 1.29 is 0 Å². The van der Waals surface area contributed by atoms with E-state index in [1.54, 1.807) is 0 Å². The molecule has 1 aromatic carbocycles. The van der Waals surface area contributed by atoms with Crippen LogP contribution in [0.25, 0.3) is 0 Å². The fourth-order valence-corrected chi connectivity index (χ4v) is 2.75. The summed E-state index contributed by atoms with van der Waals surface area (Å²) in [5.74, 6) is 0.865. The number of hydrogen-bond acceptors (Lipinski definition) is 2. The lowest BCUT2D eigenvalue weighted by atomic mass is 10.1. The summed E-state index contributed by atoms with van der Waals surface area (Å²) in [4.78, 5) is 4.37. The quantitative estimate of drug-likeness (QED) is 0.779. The number of benzene rings is 1. The third-order valence-corrected chi connectivity index (χ3v) is 4.09. The van der Waals surface area contributed by atoms with Gasteiger partial charge in [0.1, 0.15) is 5.82 Å². The van der Waals surface area contributed by atoms with E-state index < -0.39 is 0 Å². The second-order valence-electron chi connectivity index (χ2n) is 4.36. The molecule has 2 nitrogen and oxygen atoms in total. The predicted octanol–water partition coefficient (Wildman–Crippen LogP) is 5.28. The standard InChI is InChI=1S/C14H14Br2N2/c1-8-6-13(17-7-12(8)16)18-14-9(2)4-11(15)5-10(14)3/h4-7H,1-3H3,(H,17,18). The van der Waals surface area contributed by atoms with E-state index in [1.165, 1.54) is 16.7 Å². The summed E-state index contributed by atoms with van der Waals surface area (Å²) in [6.07, 6.45) is 1.82. The zero-order valence-corrected chi connectivity index (χ0v) is 13.7. The first-order valence-corrected chi connectivity index (χ1v) is 7.22. The van der Waals surface area contributed by atoms with E-state index in [-0.39, 0.29) is 0 Å². The molecule has 0 fully saturated rings. The van der Waals surface area contributed by atoms with Gasteiger partial charge in [0.05, 0.1) is 0 Å². The Labute approximate surface area is 124 Å². The lowest BCUT2D eigenvalue weighted by Gasteiger charge is -2.13. The molecule has 1 heterocycles. The van der Waals surface area contributed by atoms with Gasteiger partial charge in [0, 0.05) is 20.8 Å². The topological polar surface area (TPSA) is 24.9 Å². The molecule has 0 aliphatic rings. The van der Waals surface area contributed by atoms with Crippen molar-refractivity contribution in [3.05, 3.63) is 50.0 Å². The Morgan fingerprint density at radius 3 is 2.11 bits per heavy atom. The molecular formula is C14H14Br2N2. The number of anilines is 2. The van der Waals surface area contributed by atoms with Crippen molar-refractivity contribution in [3.63, 3.8) is 0 Å². The van der Waals surface area contributed by atoms with E-state index in [2.05, 4.69) is 75.1 Å². The average Bonchev–Trinajstić information content (AvgIpc) is 2.28. The molecule has 0 amide bonds. The Hall–Kier alpha value is -0.870. The molecule has 4 heteroatoms. The van der Waals surface area contributed by atoms with Crippen molar-refractivity contribution >= 4 is 43.4 Å². The highest BCUT2D eigenvalue weighted by Gasteiger charge is 2.06. The molecule has 0 saturated carbocycles. The van der Waals surface area contributed by atoms with Gasteiger partial charge >= 0.3 is 0 Å². The summed E-state index contributed by atoms with van der Waals surface area (Å²) in [5.41, 5.74) is 4.68. The molecule has 2 aromatic rings. The highest BCUT2D eigenvalue weighted by atomic mass is 79.9.